The molecule has 0 unspecified atom stereocenters. The van der Waals surface area contributed by atoms with Crippen LogP contribution in [0.1, 0.15) is 22.7 Å². The van der Waals surface area contributed by atoms with Crippen molar-refractivity contribution < 1.29 is 13.9 Å². The number of hydrogen-bond donors (Lipinski definition) is 0. The number of nitrogens with zero attached hydrogens (tertiary/aromatic N) is 1. The van der Waals surface area contributed by atoms with Crippen LogP contribution >= 0.6 is 0 Å². The number of benzene rings is 3. The molecule has 3 nitrogen and oxygen atoms in total. The number of hydrogen-bond acceptors (Lipinski definition) is 2. The van der Waals surface area contributed by atoms with Crippen molar-refractivity contribution in [2.24, 2.45) is 0 Å². The average molecular weight is 361 g/mol. The molecule has 27 heavy (non-hydrogen) atoms. The molecule has 1 amide bonds. The summed E-state index contributed by atoms with van der Waals surface area (Å²) in [6.07, 6.45) is 0. The highest BCUT2D eigenvalue weighted by atomic mass is 19.1. The number of carbonyl (C=O) groups excluding carboxylic acids is 1. The van der Waals surface area contributed by atoms with Gasteiger partial charge >= 0.3 is 0 Å². The molecule has 0 aromatic heterocycles. The lowest BCUT2D eigenvalue weighted by Crippen LogP contribution is -2.63. The molecule has 2 atom stereocenters. The fourth-order valence-corrected chi connectivity index (χ4v) is 3.69. The van der Waals surface area contributed by atoms with Crippen LogP contribution in [-0.2, 0) is 17.0 Å². The van der Waals surface area contributed by atoms with Crippen LogP contribution < -0.4 is 4.74 Å². The van der Waals surface area contributed by atoms with E-state index in [1.54, 1.807) is 36.3 Å². The van der Waals surface area contributed by atoms with Gasteiger partial charge in [-0.15, -0.1) is 0 Å². The third-order valence-electron chi connectivity index (χ3n) is 5.08. The van der Waals surface area contributed by atoms with E-state index in [1.807, 2.05) is 60.7 Å². The zero-order valence-electron chi connectivity index (χ0n) is 15.0. The van der Waals surface area contributed by atoms with E-state index in [4.69, 9.17) is 4.74 Å². The van der Waals surface area contributed by atoms with Gasteiger partial charge in [0, 0.05) is 12.1 Å². The molecule has 4 heteroatoms. The smallest absolute Gasteiger partial charge is 0.268 e. The predicted octanol–water partition coefficient (Wildman–Crippen LogP) is 4.64. The van der Waals surface area contributed by atoms with E-state index >= 15 is 4.39 Å². The molecule has 1 heterocycles. The lowest BCUT2D eigenvalue weighted by Gasteiger charge is -2.51. The first-order chi connectivity index (χ1) is 13.1. The predicted molar refractivity (Wildman–Crippen MR) is 102 cm³/mol. The van der Waals surface area contributed by atoms with Gasteiger partial charge in [0.25, 0.3) is 5.91 Å². The van der Waals surface area contributed by atoms with Crippen molar-refractivity contribution in [1.29, 1.82) is 0 Å². The summed E-state index contributed by atoms with van der Waals surface area (Å²) in [7, 11) is 1.61. The van der Waals surface area contributed by atoms with Crippen LogP contribution in [0.25, 0.3) is 0 Å². The molecule has 1 fully saturated rings. The number of methoxy groups -OCH3 is 1. The van der Waals surface area contributed by atoms with Gasteiger partial charge < -0.3 is 9.64 Å². The van der Waals surface area contributed by atoms with Gasteiger partial charge in [-0.2, -0.15) is 0 Å². The van der Waals surface area contributed by atoms with E-state index in [1.165, 1.54) is 0 Å². The number of rotatable bonds is 5. The molecule has 3 aromatic rings. The number of amides is 1. The molecule has 0 aliphatic carbocycles. The number of alkyl halides is 1. The van der Waals surface area contributed by atoms with Gasteiger partial charge in [-0.05, 0) is 23.3 Å². The van der Waals surface area contributed by atoms with Crippen molar-refractivity contribution in [3.63, 3.8) is 0 Å². The van der Waals surface area contributed by atoms with E-state index in [0.29, 0.717) is 12.1 Å². The van der Waals surface area contributed by atoms with Crippen LogP contribution in [0, 0.1) is 0 Å². The Morgan fingerprint density at radius 1 is 0.926 bits per heavy atom. The zero-order chi connectivity index (χ0) is 18.9. The van der Waals surface area contributed by atoms with Crippen LogP contribution in [0.5, 0.6) is 5.75 Å². The summed E-state index contributed by atoms with van der Waals surface area (Å²) in [5.74, 6) is 0.246. The van der Waals surface area contributed by atoms with Gasteiger partial charge in [-0.3, -0.25) is 4.79 Å². The molecule has 0 bridgehead atoms. The maximum absolute atomic E-state index is 16.0. The van der Waals surface area contributed by atoms with Gasteiger partial charge in [0.15, 0.2) is 0 Å². The summed E-state index contributed by atoms with van der Waals surface area (Å²) in [6.45, 7) is 0.348. The molecule has 136 valence electrons. The summed E-state index contributed by atoms with van der Waals surface area (Å²) in [5, 5.41) is 0. The third kappa shape index (κ3) is 2.87. The molecule has 0 radical (unpaired) electrons. The first-order valence-electron chi connectivity index (χ1n) is 8.88. The van der Waals surface area contributed by atoms with Crippen molar-refractivity contribution >= 4 is 5.91 Å². The van der Waals surface area contributed by atoms with Crippen LogP contribution in [-0.4, -0.2) is 17.9 Å². The Hall–Kier alpha value is -3.14. The Morgan fingerprint density at radius 2 is 1.52 bits per heavy atom. The fraction of sp³-hybridized carbons (Fsp3) is 0.174. The normalized spacial score (nSPS) is 21.6. The maximum Gasteiger partial charge on any atom is 0.268 e. The Bertz CT molecular complexity index is 928. The molecule has 1 aliphatic heterocycles. The minimum atomic E-state index is -2.05. The second-order valence-electron chi connectivity index (χ2n) is 6.67. The topological polar surface area (TPSA) is 29.5 Å². The standard InChI is InChI=1S/C23H20FNO2/c1-27-20-14-12-17(13-15-20)16-25-21(18-8-4-2-5-9-18)23(24,22(25)26)19-10-6-3-7-11-19/h2-15,21H,16H2,1H3/t21-,23+/m0/s1. The van der Waals surface area contributed by atoms with Crippen molar-refractivity contribution in [2.75, 3.05) is 7.11 Å². The number of halogens is 1. The van der Waals surface area contributed by atoms with Crippen LogP contribution in [0.15, 0.2) is 84.9 Å². The lowest BCUT2D eigenvalue weighted by atomic mass is 9.74. The van der Waals surface area contributed by atoms with E-state index in [-0.39, 0.29) is 0 Å². The van der Waals surface area contributed by atoms with Gasteiger partial charge in [0.05, 0.1) is 7.11 Å². The summed E-state index contributed by atoms with van der Waals surface area (Å²) in [5.41, 5.74) is 0.0710. The zero-order valence-corrected chi connectivity index (χ0v) is 15.0. The summed E-state index contributed by atoms with van der Waals surface area (Å²) in [4.78, 5) is 14.5. The van der Waals surface area contributed by atoms with Gasteiger partial charge in [-0.25, -0.2) is 4.39 Å². The summed E-state index contributed by atoms with van der Waals surface area (Å²) < 4.78 is 21.2. The molecule has 0 N–H and O–H groups in total. The molecule has 4 rings (SSSR count). The lowest BCUT2D eigenvalue weighted by molar-refractivity contribution is -0.181. The van der Waals surface area contributed by atoms with Crippen molar-refractivity contribution in [1.82, 2.24) is 4.90 Å². The molecule has 1 saturated heterocycles. The van der Waals surface area contributed by atoms with Gasteiger partial charge in [0.2, 0.25) is 5.67 Å². The monoisotopic (exact) mass is 361 g/mol. The fourth-order valence-electron chi connectivity index (χ4n) is 3.69. The summed E-state index contributed by atoms with van der Waals surface area (Å²) >= 11 is 0. The molecule has 1 aliphatic rings. The van der Waals surface area contributed by atoms with E-state index in [0.717, 1.165) is 16.9 Å². The first-order valence-corrected chi connectivity index (χ1v) is 8.88. The SMILES string of the molecule is COc1ccc(CN2C(=O)[C@@](F)(c3ccccc3)[C@@H]2c2ccccc2)cc1. The van der Waals surface area contributed by atoms with Crippen molar-refractivity contribution in [3.8, 4) is 5.75 Å². The van der Waals surface area contributed by atoms with E-state index in [2.05, 4.69) is 0 Å². The Balaban J connectivity index is 1.70. The molecule has 0 saturated carbocycles. The number of β-lactam (4-membered cyclic amide) rings is 1. The second-order valence-corrected chi connectivity index (χ2v) is 6.67. The number of ether oxygens (including phenoxy) is 1. The molecule has 3 aromatic carbocycles. The highest BCUT2D eigenvalue weighted by molar-refractivity contribution is 5.94. The average Bonchev–Trinajstić information content (AvgIpc) is 2.74. The number of likely N-dealkylation sites (tertiary alicyclic amines) is 1. The number of carbonyl (C=O) groups is 1. The molecule has 0 spiro atoms. The highest BCUT2D eigenvalue weighted by Gasteiger charge is 2.63. The van der Waals surface area contributed by atoms with Crippen LogP contribution in [0.4, 0.5) is 4.39 Å². The van der Waals surface area contributed by atoms with Crippen molar-refractivity contribution in [2.45, 2.75) is 18.3 Å². The highest BCUT2D eigenvalue weighted by Crippen LogP contribution is 2.53. The van der Waals surface area contributed by atoms with Gasteiger partial charge in [-0.1, -0.05) is 72.8 Å². The maximum atomic E-state index is 16.0. The minimum Gasteiger partial charge on any atom is -0.497 e. The Kier molecular flexibility index (Phi) is 4.40. The minimum absolute atomic E-state index is 0.348. The second kappa shape index (κ2) is 6.88. The third-order valence-corrected chi connectivity index (χ3v) is 5.08. The molecular weight excluding hydrogens is 341 g/mol. The van der Waals surface area contributed by atoms with E-state index in [9.17, 15) is 4.79 Å². The van der Waals surface area contributed by atoms with Gasteiger partial charge in [0.1, 0.15) is 11.8 Å². The summed E-state index contributed by atoms with van der Waals surface area (Å²) in [6, 6.07) is 24.9. The van der Waals surface area contributed by atoms with Crippen LogP contribution in [0.2, 0.25) is 0 Å². The van der Waals surface area contributed by atoms with Crippen molar-refractivity contribution in [3.05, 3.63) is 102 Å². The van der Waals surface area contributed by atoms with E-state index < -0.39 is 17.6 Å². The largest absolute Gasteiger partial charge is 0.497 e. The first kappa shape index (κ1) is 17.3. The Labute approximate surface area is 158 Å². The molecular formula is C23H20FNO2. The van der Waals surface area contributed by atoms with Crippen LogP contribution in [0.3, 0.4) is 0 Å². The quantitative estimate of drug-likeness (QED) is 0.620. The Morgan fingerprint density at radius 3 is 2.11 bits per heavy atom.